The molecule has 0 spiro atoms. The Morgan fingerprint density at radius 3 is 3.12 bits per heavy atom. The molecule has 0 aromatic carbocycles. The summed E-state index contributed by atoms with van der Waals surface area (Å²) in [7, 11) is 0. The van der Waals surface area contributed by atoms with Crippen LogP contribution in [0, 0.1) is 0 Å². The Morgan fingerprint density at radius 1 is 1.69 bits per heavy atom. The average Bonchev–Trinajstić information content (AvgIpc) is 2.77. The van der Waals surface area contributed by atoms with Gasteiger partial charge in [0, 0.05) is 12.3 Å². The van der Waals surface area contributed by atoms with Gasteiger partial charge < -0.3 is 14.4 Å². The van der Waals surface area contributed by atoms with Crippen molar-refractivity contribution in [3.63, 3.8) is 0 Å². The summed E-state index contributed by atoms with van der Waals surface area (Å²) >= 11 is 1.41. The molecule has 1 N–H and O–H groups in total. The predicted molar refractivity (Wildman–Crippen MR) is 60.5 cm³/mol. The molecule has 1 aromatic heterocycles. The highest BCUT2D eigenvalue weighted by atomic mass is 32.2. The summed E-state index contributed by atoms with van der Waals surface area (Å²) in [5.41, 5.74) is -0.239. The minimum atomic E-state index is -0.239. The Hall–Kier alpha value is -0.850. The van der Waals surface area contributed by atoms with Crippen LogP contribution in [0.2, 0.25) is 0 Å². The zero-order chi connectivity index (χ0) is 11.5. The largest absolute Gasteiger partial charge is 0.394 e. The van der Waals surface area contributed by atoms with Crippen LogP contribution in [-0.4, -0.2) is 33.6 Å². The van der Waals surface area contributed by atoms with E-state index in [9.17, 15) is 4.79 Å². The third-order valence-corrected chi connectivity index (χ3v) is 3.25. The lowest BCUT2D eigenvalue weighted by Crippen LogP contribution is -2.19. The van der Waals surface area contributed by atoms with Crippen LogP contribution < -0.4 is 5.56 Å². The molecule has 5 nitrogen and oxygen atoms in total. The highest BCUT2D eigenvalue weighted by molar-refractivity contribution is 7.98. The van der Waals surface area contributed by atoms with E-state index in [0.29, 0.717) is 5.16 Å². The predicted octanol–water partition coefficient (Wildman–Crippen LogP) is 0.635. The molecule has 1 aliphatic heterocycles. The molecular weight excluding hydrogens is 228 g/mol. The molecule has 0 aliphatic carbocycles. The van der Waals surface area contributed by atoms with Crippen molar-refractivity contribution in [1.29, 1.82) is 0 Å². The SMILES string of the molecule is CSc1nc(=O)ccn1C1CC[C@@H](CO)O1. The molecule has 1 saturated heterocycles. The van der Waals surface area contributed by atoms with Gasteiger partial charge in [-0.25, -0.2) is 0 Å². The van der Waals surface area contributed by atoms with Crippen LogP contribution in [0.15, 0.2) is 22.2 Å². The Bertz CT molecular complexity index is 421. The topological polar surface area (TPSA) is 64.4 Å². The first-order chi connectivity index (χ1) is 7.74. The fraction of sp³-hybridized carbons (Fsp3) is 0.600. The summed E-state index contributed by atoms with van der Waals surface area (Å²) in [6, 6.07) is 1.43. The second kappa shape index (κ2) is 4.99. The monoisotopic (exact) mass is 242 g/mol. The summed E-state index contributed by atoms with van der Waals surface area (Å²) in [4.78, 5) is 15.0. The molecule has 1 unspecified atom stereocenters. The first-order valence-corrected chi connectivity index (χ1v) is 6.36. The van der Waals surface area contributed by atoms with Crippen molar-refractivity contribution >= 4 is 11.8 Å². The van der Waals surface area contributed by atoms with Crippen molar-refractivity contribution in [2.45, 2.75) is 30.3 Å². The molecule has 88 valence electrons. The first kappa shape index (κ1) is 11.6. The summed E-state index contributed by atoms with van der Waals surface area (Å²) in [6.07, 6.45) is 5.03. The minimum absolute atomic E-state index is 0.0404. The van der Waals surface area contributed by atoms with Crippen LogP contribution >= 0.6 is 11.8 Å². The standard InChI is InChI=1S/C10H14N2O3S/c1-16-10-11-8(14)4-5-12(10)9-3-2-7(6-13)15-9/h4-5,7,9,13H,2-3,6H2,1H3/t7-,9?/m0/s1. The molecule has 0 radical (unpaired) electrons. The maximum atomic E-state index is 11.1. The molecule has 0 saturated carbocycles. The van der Waals surface area contributed by atoms with Gasteiger partial charge in [0.25, 0.3) is 5.56 Å². The summed E-state index contributed by atoms with van der Waals surface area (Å²) in [5, 5.41) is 9.65. The smallest absolute Gasteiger partial charge is 0.273 e. The van der Waals surface area contributed by atoms with Gasteiger partial charge in [0.2, 0.25) is 0 Å². The summed E-state index contributed by atoms with van der Waals surface area (Å²) in [6.45, 7) is 0.0404. The third kappa shape index (κ3) is 2.28. The Morgan fingerprint density at radius 2 is 2.50 bits per heavy atom. The van der Waals surface area contributed by atoms with E-state index >= 15 is 0 Å². The van der Waals surface area contributed by atoms with Gasteiger partial charge in [-0.05, 0) is 19.1 Å². The number of hydrogen-bond acceptors (Lipinski definition) is 5. The second-order valence-electron chi connectivity index (χ2n) is 3.63. The summed E-state index contributed by atoms with van der Waals surface area (Å²) < 4.78 is 7.49. The molecule has 0 amide bonds. The van der Waals surface area contributed by atoms with Crippen LogP contribution in [0.25, 0.3) is 0 Å². The minimum Gasteiger partial charge on any atom is -0.394 e. The maximum Gasteiger partial charge on any atom is 0.273 e. The van der Waals surface area contributed by atoms with Crippen molar-refractivity contribution in [3.05, 3.63) is 22.6 Å². The lowest BCUT2D eigenvalue weighted by Gasteiger charge is -2.17. The molecule has 16 heavy (non-hydrogen) atoms. The van der Waals surface area contributed by atoms with Crippen LogP contribution in [0.1, 0.15) is 19.1 Å². The lowest BCUT2D eigenvalue weighted by atomic mass is 10.2. The highest BCUT2D eigenvalue weighted by Gasteiger charge is 2.26. The average molecular weight is 242 g/mol. The normalized spacial score (nSPS) is 24.9. The van der Waals surface area contributed by atoms with Gasteiger partial charge in [0.15, 0.2) is 5.16 Å². The zero-order valence-corrected chi connectivity index (χ0v) is 9.81. The molecule has 2 heterocycles. The number of aliphatic hydroxyl groups excluding tert-OH is 1. The Balaban J connectivity index is 2.24. The molecule has 6 heteroatoms. The van der Waals surface area contributed by atoms with E-state index in [0.717, 1.165) is 12.8 Å². The van der Waals surface area contributed by atoms with Gasteiger partial charge in [-0.15, -0.1) is 0 Å². The molecule has 1 fully saturated rings. The van der Waals surface area contributed by atoms with Crippen molar-refractivity contribution in [1.82, 2.24) is 9.55 Å². The molecule has 1 aliphatic rings. The molecular formula is C10H14N2O3S. The van der Waals surface area contributed by atoms with Gasteiger partial charge in [-0.2, -0.15) is 4.98 Å². The quantitative estimate of drug-likeness (QED) is 0.622. The number of nitrogens with zero attached hydrogens (tertiary/aromatic N) is 2. The number of aliphatic hydroxyl groups is 1. The number of hydrogen-bond donors (Lipinski definition) is 1. The van der Waals surface area contributed by atoms with Crippen LogP contribution in [0.5, 0.6) is 0 Å². The van der Waals surface area contributed by atoms with Crippen molar-refractivity contribution in [2.24, 2.45) is 0 Å². The van der Waals surface area contributed by atoms with E-state index in [1.165, 1.54) is 17.8 Å². The van der Waals surface area contributed by atoms with E-state index < -0.39 is 0 Å². The van der Waals surface area contributed by atoms with E-state index in [1.54, 1.807) is 6.20 Å². The molecule has 2 atom stereocenters. The maximum absolute atomic E-state index is 11.1. The fourth-order valence-electron chi connectivity index (χ4n) is 1.79. The van der Waals surface area contributed by atoms with Gasteiger partial charge in [-0.1, -0.05) is 11.8 Å². The van der Waals surface area contributed by atoms with E-state index in [1.807, 2.05) is 10.8 Å². The van der Waals surface area contributed by atoms with E-state index in [2.05, 4.69) is 4.98 Å². The molecule has 0 bridgehead atoms. The number of rotatable bonds is 3. The Kier molecular flexibility index (Phi) is 3.63. The van der Waals surface area contributed by atoms with Crippen molar-refractivity contribution in [3.8, 4) is 0 Å². The second-order valence-corrected chi connectivity index (χ2v) is 4.41. The van der Waals surface area contributed by atoms with E-state index in [4.69, 9.17) is 9.84 Å². The summed E-state index contributed by atoms with van der Waals surface area (Å²) in [5.74, 6) is 0. The first-order valence-electron chi connectivity index (χ1n) is 5.14. The van der Waals surface area contributed by atoms with Crippen molar-refractivity contribution < 1.29 is 9.84 Å². The van der Waals surface area contributed by atoms with Gasteiger partial charge >= 0.3 is 0 Å². The van der Waals surface area contributed by atoms with Crippen LogP contribution in [0.3, 0.4) is 0 Å². The van der Waals surface area contributed by atoms with Crippen molar-refractivity contribution in [2.75, 3.05) is 12.9 Å². The van der Waals surface area contributed by atoms with Crippen LogP contribution in [-0.2, 0) is 4.74 Å². The third-order valence-electron chi connectivity index (χ3n) is 2.59. The highest BCUT2D eigenvalue weighted by Crippen LogP contribution is 2.29. The molecule has 2 rings (SSSR count). The van der Waals surface area contributed by atoms with Gasteiger partial charge in [0.1, 0.15) is 6.23 Å². The lowest BCUT2D eigenvalue weighted by molar-refractivity contribution is -0.0272. The number of thioether (sulfide) groups is 1. The Labute approximate surface area is 97.5 Å². The molecule has 1 aromatic rings. The van der Waals surface area contributed by atoms with Gasteiger partial charge in [-0.3, -0.25) is 4.79 Å². The number of ether oxygens (including phenoxy) is 1. The fourth-order valence-corrected chi connectivity index (χ4v) is 2.36. The van der Waals surface area contributed by atoms with Crippen LogP contribution in [0.4, 0.5) is 0 Å². The number of aromatic nitrogens is 2. The van der Waals surface area contributed by atoms with E-state index in [-0.39, 0.29) is 24.5 Å². The van der Waals surface area contributed by atoms with Gasteiger partial charge in [0.05, 0.1) is 12.7 Å². The zero-order valence-electron chi connectivity index (χ0n) is 9.00.